The summed E-state index contributed by atoms with van der Waals surface area (Å²) in [4.78, 5) is 12.7. The number of carboxylic acids is 1. The molecule has 0 aliphatic carbocycles. The van der Waals surface area contributed by atoms with Crippen LogP contribution in [0.15, 0.2) is 18.2 Å². The quantitative estimate of drug-likeness (QED) is 0.841. The van der Waals surface area contributed by atoms with E-state index in [1.807, 2.05) is 4.90 Å². The number of aryl methyl sites for hydroxylation is 1. The Morgan fingerprint density at radius 1 is 1.50 bits per heavy atom. The van der Waals surface area contributed by atoms with Gasteiger partial charge in [0, 0.05) is 13.1 Å². The Morgan fingerprint density at radius 3 is 3.00 bits per heavy atom. The van der Waals surface area contributed by atoms with Gasteiger partial charge in [0.05, 0.1) is 6.54 Å². The van der Waals surface area contributed by atoms with Crippen LogP contribution in [0.2, 0.25) is 0 Å². The van der Waals surface area contributed by atoms with Gasteiger partial charge in [-0.05, 0) is 29.5 Å². The van der Waals surface area contributed by atoms with Gasteiger partial charge in [-0.3, -0.25) is 9.69 Å². The Balaban J connectivity index is 2.18. The highest BCUT2D eigenvalue weighted by Crippen LogP contribution is 2.22. The molecule has 0 fully saturated rings. The fourth-order valence-electron chi connectivity index (χ4n) is 2.40. The van der Waals surface area contributed by atoms with Gasteiger partial charge in [0.2, 0.25) is 0 Å². The number of hydrogen-bond donors (Lipinski definition) is 1. The maximum absolute atomic E-state index is 10.7. The third-order valence-electron chi connectivity index (χ3n) is 3.18. The molecule has 1 heterocycles. The first-order chi connectivity index (χ1) is 7.70. The highest BCUT2D eigenvalue weighted by atomic mass is 16.4. The third kappa shape index (κ3) is 2.25. The first-order valence-electron chi connectivity index (χ1n) is 5.74. The molecule has 16 heavy (non-hydrogen) atoms. The van der Waals surface area contributed by atoms with Crippen LogP contribution in [-0.2, 0) is 24.2 Å². The largest absolute Gasteiger partial charge is 0.480 e. The molecule has 0 atom stereocenters. The summed E-state index contributed by atoms with van der Waals surface area (Å²) in [6.45, 7) is 3.95. The van der Waals surface area contributed by atoms with Crippen LogP contribution in [0.5, 0.6) is 0 Å². The molecule has 2 rings (SSSR count). The van der Waals surface area contributed by atoms with Crippen molar-refractivity contribution in [3.8, 4) is 0 Å². The van der Waals surface area contributed by atoms with E-state index in [1.165, 1.54) is 16.7 Å². The number of rotatable bonds is 3. The third-order valence-corrected chi connectivity index (χ3v) is 3.18. The molecule has 1 aromatic rings. The Morgan fingerprint density at radius 2 is 2.31 bits per heavy atom. The minimum absolute atomic E-state index is 0.149. The second kappa shape index (κ2) is 4.66. The summed E-state index contributed by atoms with van der Waals surface area (Å²) >= 11 is 0. The predicted octanol–water partition coefficient (Wildman–Crippen LogP) is 1.69. The molecule has 3 heteroatoms. The number of carbonyl (C=O) groups is 1. The van der Waals surface area contributed by atoms with Crippen molar-refractivity contribution in [1.82, 2.24) is 4.90 Å². The molecular formula is C13H17NO2. The Kier molecular flexibility index (Phi) is 3.25. The SMILES string of the molecule is CCc1cccc2c1CCN(CC(=O)O)C2. The summed E-state index contributed by atoms with van der Waals surface area (Å²) in [5.41, 5.74) is 4.14. The Labute approximate surface area is 95.7 Å². The second-order valence-corrected chi connectivity index (χ2v) is 4.26. The molecule has 0 saturated carbocycles. The van der Waals surface area contributed by atoms with Gasteiger partial charge in [-0.25, -0.2) is 0 Å². The normalized spacial score (nSPS) is 15.8. The van der Waals surface area contributed by atoms with Gasteiger partial charge in [0.25, 0.3) is 0 Å². The average molecular weight is 219 g/mol. The molecule has 0 aromatic heterocycles. The summed E-state index contributed by atoms with van der Waals surface area (Å²) in [5.74, 6) is -0.741. The number of nitrogens with zero attached hydrogens (tertiary/aromatic N) is 1. The van der Waals surface area contributed by atoms with Gasteiger partial charge in [-0.15, -0.1) is 0 Å². The van der Waals surface area contributed by atoms with E-state index < -0.39 is 5.97 Å². The lowest BCUT2D eigenvalue weighted by Gasteiger charge is -2.28. The number of carboxylic acid groups (broad SMARTS) is 1. The Bertz CT molecular complexity index is 401. The number of aliphatic carboxylic acids is 1. The van der Waals surface area contributed by atoms with Crippen molar-refractivity contribution in [1.29, 1.82) is 0 Å². The van der Waals surface area contributed by atoms with Crippen LogP contribution in [0.3, 0.4) is 0 Å². The van der Waals surface area contributed by atoms with Gasteiger partial charge in [-0.2, -0.15) is 0 Å². The number of hydrogen-bond acceptors (Lipinski definition) is 2. The number of benzene rings is 1. The van der Waals surface area contributed by atoms with Gasteiger partial charge in [0.15, 0.2) is 0 Å². The lowest BCUT2D eigenvalue weighted by Crippen LogP contribution is -2.35. The van der Waals surface area contributed by atoms with Crippen LogP contribution in [0.4, 0.5) is 0 Å². The summed E-state index contributed by atoms with van der Waals surface area (Å²) in [7, 11) is 0. The fraction of sp³-hybridized carbons (Fsp3) is 0.462. The molecule has 0 radical (unpaired) electrons. The van der Waals surface area contributed by atoms with Crippen LogP contribution in [0.1, 0.15) is 23.6 Å². The van der Waals surface area contributed by atoms with E-state index in [0.29, 0.717) is 0 Å². The summed E-state index contributed by atoms with van der Waals surface area (Å²) in [5, 5.41) is 8.77. The van der Waals surface area contributed by atoms with Crippen LogP contribution >= 0.6 is 0 Å². The van der Waals surface area contributed by atoms with Crippen molar-refractivity contribution < 1.29 is 9.90 Å². The highest BCUT2D eigenvalue weighted by Gasteiger charge is 2.19. The van der Waals surface area contributed by atoms with Crippen LogP contribution in [0, 0.1) is 0 Å². The molecule has 1 aliphatic heterocycles. The van der Waals surface area contributed by atoms with E-state index in [9.17, 15) is 4.79 Å². The van der Waals surface area contributed by atoms with Crippen molar-refractivity contribution in [2.24, 2.45) is 0 Å². The zero-order valence-electron chi connectivity index (χ0n) is 9.57. The zero-order valence-corrected chi connectivity index (χ0v) is 9.57. The smallest absolute Gasteiger partial charge is 0.317 e. The minimum Gasteiger partial charge on any atom is -0.480 e. The molecule has 86 valence electrons. The molecule has 1 N–H and O–H groups in total. The molecular weight excluding hydrogens is 202 g/mol. The maximum Gasteiger partial charge on any atom is 0.317 e. The maximum atomic E-state index is 10.7. The minimum atomic E-state index is -0.741. The standard InChI is InChI=1S/C13H17NO2/c1-2-10-4-3-5-11-8-14(9-13(15)16)7-6-12(10)11/h3-5H,2,6-9H2,1H3,(H,15,16). The lowest BCUT2D eigenvalue weighted by atomic mass is 9.93. The van der Waals surface area contributed by atoms with Crippen molar-refractivity contribution in [2.75, 3.05) is 13.1 Å². The van der Waals surface area contributed by atoms with Crippen LogP contribution < -0.4 is 0 Å². The van der Waals surface area contributed by atoms with E-state index in [2.05, 4.69) is 25.1 Å². The predicted molar refractivity (Wildman–Crippen MR) is 62.4 cm³/mol. The van der Waals surface area contributed by atoms with Gasteiger partial charge in [-0.1, -0.05) is 25.1 Å². The number of fused-ring (bicyclic) bond motifs is 1. The van der Waals surface area contributed by atoms with E-state index in [0.717, 1.165) is 25.9 Å². The van der Waals surface area contributed by atoms with Gasteiger partial charge >= 0.3 is 5.97 Å². The molecule has 3 nitrogen and oxygen atoms in total. The topological polar surface area (TPSA) is 40.5 Å². The lowest BCUT2D eigenvalue weighted by molar-refractivity contribution is -0.138. The monoisotopic (exact) mass is 219 g/mol. The molecule has 0 unspecified atom stereocenters. The van der Waals surface area contributed by atoms with E-state index >= 15 is 0 Å². The van der Waals surface area contributed by atoms with Crippen molar-refractivity contribution in [3.63, 3.8) is 0 Å². The Hall–Kier alpha value is -1.35. The second-order valence-electron chi connectivity index (χ2n) is 4.26. The van der Waals surface area contributed by atoms with Crippen molar-refractivity contribution in [2.45, 2.75) is 26.3 Å². The van der Waals surface area contributed by atoms with Gasteiger partial charge < -0.3 is 5.11 Å². The molecule has 0 spiro atoms. The summed E-state index contributed by atoms with van der Waals surface area (Å²) < 4.78 is 0. The average Bonchev–Trinajstić information content (AvgIpc) is 2.27. The van der Waals surface area contributed by atoms with Gasteiger partial charge in [0.1, 0.15) is 0 Å². The van der Waals surface area contributed by atoms with Crippen LogP contribution in [0.25, 0.3) is 0 Å². The van der Waals surface area contributed by atoms with E-state index in [1.54, 1.807) is 0 Å². The van der Waals surface area contributed by atoms with E-state index in [4.69, 9.17) is 5.11 Å². The van der Waals surface area contributed by atoms with Crippen LogP contribution in [-0.4, -0.2) is 29.1 Å². The first kappa shape index (κ1) is 11.1. The van der Waals surface area contributed by atoms with E-state index in [-0.39, 0.29) is 6.54 Å². The zero-order chi connectivity index (χ0) is 11.5. The molecule has 0 bridgehead atoms. The summed E-state index contributed by atoms with van der Waals surface area (Å²) in [6.07, 6.45) is 2.04. The summed E-state index contributed by atoms with van der Waals surface area (Å²) in [6, 6.07) is 6.36. The molecule has 0 saturated heterocycles. The highest BCUT2D eigenvalue weighted by molar-refractivity contribution is 5.69. The van der Waals surface area contributed by atoms with Crippen molar-refractivity contribution >= 4 is 5.97 Å². The van der Waals surface area contributed by atoms with Crippen molar-refractivity contribution in [3.05, 3.63) is 34.9 Å². The first-order valence-corrected chi connectivity index (χ1v) is 5.74. The molecule has 1 aromatic carbocycles. The molecule has 0 amide bonds. The fourth-order valence-corrected chi connectivity index (χ4v) is 2.40. The molecule has 1 aliphatic rings.